The third-order valence-corrected chi connectivity index (χ3v) is 3.29. The van der Waals surface area contributed by atoms with Crippen molar-refractivity contribution in [2.24, 2.45) is 0 Å². The minimum Gasteiger partial charge on any atom is -0.387 e. The average molecular weight is 286 g/mol. The topological polar surface area (TPSA) is 110 Å². The number of halogens is 2. The summed E-state index contributed by atoms with van der Waals surface area (Å²) >= 11 is 5.94. The van der Waals surface area contributed by atoms with Crippen molar-refractivity contribution in [2.75, 3.05) is 5.73 Å². The van der Waals surface area contributed by atoms with Crippen molar-refractivity contribution in [3.8, 4) is 0 Å². The van der Waals surface area contributed by atoms with E-state index in [0.717, 1.165) is 6.08 Å². The highest BCUT2D eigenvalue weighted by Gasteiger charge is 2.39. The number of aliphatic hydroxyl groups excluding tert-OH is 2. The lowest BCUT2D eigenvalue weighted by atomic mass is 10.2. The molecule has 4 N–H and O–H groups in total. The summed E-state index contributed by atoms with van der Waals surface area (Å²) in [4.78, 5) is 11.6. The largest absolute Gasteiger partial charge is 0.387 e. The number of nitrogen functional groups attached to an aromatic ring is 1. The van der Waals surface area contributed by atoms with Crippen LogP contribution in [0.1, 0.15) is 6.04 Å². The van der Waals surface area contributed by atoms with Gasteiger partial charge in [-0.25, -0.2) is 19.3 Å². The number of nitrogens with zero attached hydrogens (tertiary/aromatic N) is 4. The normalized spacial score (nSPS) is 26.9. The highest BCUT2D eigenvalue weighted by Crippen LogP contribution is 2.37. The SMILES string of the molecule is Nc1ncnc2c1nc(Cl)n2C1C(F)=C[C@H](O)[C@H]1O. The van der Waals surface area contributed by atoms with E-state index in [4.69, 9.17) is 17.3 Å². The van der Waals surface area contributed by atoms with Crippen LogP contribution in [0, 0.1) is 0 Å². The molecule has 2 aromatic rings. The van der Waals surface area contributed by atoms with Gasteiger partial charge in [-0.05, 0) is 17.7 Å². The Hall–Kier alpha value is -1.77. The fraction of sp³-hybridized carbons (Fsp3) is 0.300. The maximum atomic E-state index is 13.8. The zero-order valence-corrected chi connectivity index (χ0v) is 10.2. The number of aromatic nitrogens is 4. The predicted octanol–water partition coefficient (Wildman–Crippen LogP) is 0.192. The fourth-order valence-electron chi connectivity index (χ4n) is 2.13. The van der Waals surface area contributed by atoms with Crippen molar-refractivity contribution in [3.05, 3.63) is 23.5 Å². The van der Waals surface area contributed by atoms with Crippen LogP contribution in [-0.4, -0.2) is 41.9 Å². The molecule has 0 bridgehead atoms. The highest BCUT2D eigenvalue weighted by molar-refractivity contribution is 6.29. The van der Waals surface area contributed by atoms with E-state index < -0.39 is 24.1 Å². The van der Waals surface area contributed by atoms with Crippen LogP contribution >= 0.6 is 11.6 Å². The predicted molar refractivity (Wildman–Crippen MR) is 65.0 cm³/mol. The number of fused-ring (bicyclic) bond motifs is 1. The van der Waals surface area contributed by atoms with Crippen molar-refractivity contribution in [3.63, 3.8) is 0 Å². The van der Waals surface area contributed by atoms with Crippen molar-refractivity contribution >= 4 is 28.6 Å². The maximum absolute atomic E-state index is 13.8. The molecule has 0 radical (unpaired) electrons. The first-order valence-electron chi connectivity index (χ1n) is 5.38. The second-order valence-electron chi connectivity index (χ2n) is 4.16. The molecule has 2 aromatic heterocycles. The Bertz CT molecular complexity index is 688. The fourth-order valence-corrected chi connectivity index (χ4v) is 2.40. The summed E-state index contributed by atoms with van der Waals surface area (Å²) in [5, 5.41) is 19.2. The summed E-state index contributed by atoms with van der Waals surface area (Å²) < 4.78 is 15.0. The van der Waals surface area contributed by atoms with Gasteiger partial charge in [0.1, 0.15) is 30.4 Å². The van der Waals surface area contributed by atoms with Gasteiger partial charge in [-0.1, -0.05) is 0 Å². The molecule has 3 atom stereocenters. The third-order valence-electron chi connectivity index (χ3n) is 3.03. The smallest absolute Gasteiger partial charge is 0.205 e. The van der Waals surface area contributed by atoms with E-state index in [1.165, 1.54) is 10.9 Å². The molecule has 2 heterocycles. The Balaban J connectivity index is 2.24. The lowest BCUT2D eigenvalue weighted by molar-refractivity contribution is 0.0338. The molecule has 0 spiro atoms. The molecule has 0 amide bonds. The number of hydrogen-bond acceptors (Lipinski definition) is 6. The van der Waals surface area contributed by atoms with Gasteiger partial charge in [-0.15, -0.1) is 0 Å². The van der Waals surface area contributed by atoms with Gasteiger partial charge >= 0.3 is 0 Å². The zero-order valence-electron chi connectivity index (χ0n) is 9.40. The quantitative estimate of drug-likeness (QED) is 0.645. The van der Waals surface area contributed by atoms with Gasteiger partial charge in [-0.3, -0.25) is 4.57 Å². The van der Waals surface area contributed by atoms with Gasteiger partial charge in [0.15, 0.2) is 17.0 Å². The third kappa shape index (κ3) is 1.68. The molecule has 0 saturated heterocycles. The molecule has 1 aliphatic rings. The summed E-state index contributed by atoms with van der Waals surface area (Å²) in [7, 11) is 0. The lowest BCUT2D eigenvalue weighted by Crippen LogP contribution is -2.29. The van der Waals surface area contributed by atoms with Gasteiger partial charge in [0, 0.05) is 0 Å². The molecule has 0 fully saturated rings. The van der Waals surface area contributed by atoms with Crippen LogP contribution in [-0.2, 0) is 0 Å². The second-order valence-corrected chi connectivity index (χ2v) is 4.50. The standard InChI is InChI=1S/C10H9ClFN5O2/c11-10-16-5-8(13)14-2-15-9(5)17(10)6-3(12)1-4(18)7(6)19/h1-2,4,6-7,18-19H,(H2,13,14,15)/t4-,6?,7+/m0/s1. The number of rotatable bonds is 1. The van der Waals surface area contributed by atoms with Gasteiger partial charge < -0.3 is 15.9 Å². The zero-order chi connectivity index (χ0) is 13.7. The van der Waals surface area contributed by atoms with Crippen LogP contribution in [0.2, 0.25) is 5.28 Å². The highest BCUT2D eigenvalue weighted by atomic mass is 35.5. The molecule has 7 nitrogen and oxygen atoms in total. The maximum Gasteiger partial charge on any atom is 0.205 e. The first-order chi connectivity index (χ1) is 9.00. The van der Waals surface area contributed by atoms with E-state index in [9.17, 15) is 14.6 Å². The summed E-state index contributed by atoms with van der Waals surface area (Å²) in [6.07, 6.45) is -0.572. The van der Waals surface area contributed by atoms with E-state index >= 15 is 0 Å². The Kier molecular flexibility index (Phi) is 2.66. The molecule has 0 aliphatic heterocycles. The van der Waals surface area contributed by atoms with Crippen LogP contribution in [0.4, 0.5) is 10.2 Å². The van der Waals surface area contributed by atoms with Gasteiger partial charge in [0.25, 0.3) is 0 Å². The van der Waals surface area contributed by atoms with Gasteiger partial charge in [-0.2, -0.15) is 0 Å². The number of anilines is 1. The van der Waals surface area contributed by atoms with E-state index in [1.54, 1.807) is 0 Å². The molecular formula is C10H9ClFN5O2. The summed E-state index contributed by atoms with van der Waals surface area (Å²) in [5.41, 5.74) is 6.04. The van der Waals surface area contributed by atoms with Gasteiger partial charge in [0.2, 0.25) is 5.28 Å². The van der Waals surface area contributed by atoms with E-state index in [0.29, 0.717) is 0 Å². The first-order valence-corrected chi connectivity index (χ1v) is 5.75. The molecule has 0 aromatic carbocycles. The minimum absolute atomic E-state index is 0.0936. The number of imidazole rings is 1. The minimum atomic E-state index is -1.37. The monoisotopic (exact) mass is 285 g/mol. The second kappa shape index (κ2) is 4.12. The average Bonchev–Trinajstić information content (AvgIpc) is 2.79. The van der Waals surface area contributed by atoms with E-state index in [-0.39, 0.29) is 22.3 Å². The Morgan fingerprint density at radius 1 is 1.37 bits per heavy atom. The molecule has 1 aliphatic carbocycles. The summed E-state index contributed by atoms with van der Waals surface area (Å²) in [5.74, 6) is -0.610. The van der Waals surface area contributed by atoms with Crippen molar-refractivity contribution in [1.29, 1.82) is 0 Å². The molecule has 9 heteroatoms. The molecule has 3 rings (SSSR count). The number of nitrogens with two attached hydrogens (primary N) is 1. The molecule has 0 saturated carbocycles. The molecular weight excluding hydrogens is 277 g/mol. The number of hydrogen-bond donors (Lipinski definition) is 3. The van der Waals surface area contributed by atoms with Gasteiger partial charge in [0.05, 0.1) is 0 Å². The van der Waals surface area contributed by atoms with Crippen molar-refractivity contribution in [2.45, 2.75) is 18.2 Å². The molecule has 1 unspecified atom stereocenters. The Morgan fingerprint density at radius 3 is 2.74 bits per heavy atom. The van der Waals surface area contributed by atoms with E-state index in [2.05, 4.69) is 15.0 Å². The Morgan fingerprint density at radius 2 is 2.11 bits per heavy atom. The van der Waals surface area contributed by atoms with Crippen LogP contribution in [0.25, 0.3) is 11.2 Å². The van der Waals surface area contributed by atoms with E-state index in [1.807, 2.05) is 0 Å². The summed E-state index contributed by atoms with van der Waals surface area (Å²) in [6, 6.07) is -1.18. The van der Waals surface area contributed by atoms with Crippen LogP contribution < -0.4 is 5.73 Å². The molecule has 19 heavy (non-hydrogen) atoms. The number of aliphatic hydroxyl groups is 2. The molecule has 100 valence electrons. The van der Waals surface area contributed by atoms with Crippen molar-refractivity contribution < 1.29 is 14.6 Å². The lowest BCUT2D eigenvalue weighted by Gasteiger charge is -2.19. The van der Waals surface area contributed by atoms with Crippen LogP contribution in [0.5, 0.6) is 0 Å². The first kappa shape index (κ1) is 12.3. The summed E-state index contributed by atoms with van der Waals surface area (Å²) in [6.45, 7) is 0. The Labute approximate surface area is 111 Å². The van der Waals surface area contributed by atoms with Crippen molar-refractivity contribution in [1.82, 2.24) is 19.5 Å². The van der Waals surface area contributed by atoms with Crippen LogP contribution in [0.15, 0.2) is 18.2 Å². The van der Waals surface area contributed by atoms with Crippen LogP contribution in [0.3, 0.4) is 0 Å².